The Bertz CT molecular complexity index is 528. The van der Waals surface area contributed by atoms with Crippen molar-refractivity contribution in [1.82, 2.24) is 14.7 Å². The molecule has 0 radical (unpaired) electrons. The van der Waals surface area contributed by atoms with Crippen LogP contribution in [-0.4, -0.2) is 39.6 Å². The number of anilines is 1. The van der Waals surface area contributed by atoms with Crippen molar-refractivity contribution in [3.8, 4) is 0 Å². The average molecular weight is 306 g/mol. The van der Waals surface area contributed by atoms with Gasteiger partial charge in [-0.05, 0) is 32.1 Å². The third-order valence-corrected chi connectivity index (χ3v) is 4.40. The van der Waals surface area contributed by atoms with Crippen molar-refractivity contribution in [3.63, 3.8) is 0 Å². The van der Waals surface area contributed by atoms with Gasteiger partial charge in [-0.3, -0.25) is 14.3 Å². The maximum atomic E-state index is 12.7. The van der Waals surface area contributed by atoms with Gasteiger partial charge in [-0.15, -0.1) is 0 Å². The number of nitrogens with zero attached hydrogens (tertiary/aromatic N) is 3. The van der Waals surface area contributed by atoms with E-state index in [-0.39, 0.29) is 17.7 Å². The van der Waals surface area contributed by atoms with E-state index in [2.05, 4.69) is 10.4 Å². The Hall–Kier alpha value is -1.85. The van der Waals surface area contributed by atoms with E-state index in [1.54, 1.807) is 17.9 Å². The van der Waals surface area contributed by atoms with Crippen LogP contribution in [0, 0.1) is 5.92 Å². The first-order chi connectivity index (χ1) is 10.6. The number of carbonyl (C=O) groups is 2. The standard InChI is InChI=1S/C16H26N4O2/c1-4-12(5-2)15(21)18-13-11-17-19(3)14(13)16(22)20-9-7-6-8-10-20/h11-12H,4-10H2,1-3H3,(H,18,21). The maximum Gasteiger partial charge on any atom is 0.274 e. The second-order valence-corrected chi connectivity index (χ2v) is 5.89. The highest BCUT2D eigenvalue weighted by atomic mass is 16.2. The van der Waals surface area contributed by atoms with E-state index >= 15 is 0 Å². The molecular weight excluding hydrogens is 280 g/mol. The molecule has 0 atom stereocenters. The number of hydrogen-bond acceptors (Lipinski definition) is 3. The first-order valence-corrected chi connectivity index (χ1v) is 8.20. The van der Waals surface area contributed by atoms with Gasteiger partial charge in [-0.25, -0.2) is 0 Å². The SMILES string of the molecule is CCC(CC)C(=O)Nc1cnn(C)c1C(=O)N1CCCCC1. The molecule has 0 saturated carbocycles. The van der Waals surface area contributed by atoms with Crippen LogP contribution in [0.3, 0.4) is 0 Å². The molecule has 0 bridgehead atoms. The van der Waals surface area contributed by atoms with Crippen LogP contribution in [0.4, 0.5) is 5.69 Å². The average Bonchev–Trinajstić information content (AvgIpc) is 2.89. The highest BCUT2D eigenvalue weighted by molar-refractivity contribution is 6.02. The van der Waals surface area contributed by atoms with Crippen molar-refractivity contribution in [2.75, 3.05) is 18.4 Å². The van der Waals surface area contributed by atoms with E-state index in [0.29, 0.717) is 11.4 Å². The van der Waals surface area contributed by atoms with Gasteiger partial charge in [0, 0.05) is 26.1 Å². The molecule has 1 aliphatic heterocycles. The maximum absolute atomic E-state index is 12.7. The molecule has 22 heavy (non-hydrogen) atoms. The van der Waals surface area contributed by atoms with Crippen LogP contribution in [-0.2, 0) is 11.8 Å². The monoisotopic (exact) mass is 306 g/mol. The van der Waals surface area contributed by atoms with Crippen molar-refractivity contribution >= 4 is 17.5 Å². The number of likely N-dealkylation sites (tertiary alicyclic amines) is 1. The second kappa shape index (κ2) is 7.42. The molecule has 0 unspecified atom stereocenters. The second-order valence-electron chi connectivity index (χ2n) is 5.89. The van der Waals surface area contributed by atoms with Gasteiger partial charge in [-0.1, -0.05) is 13.8 Å². The molecule has 1 N–H and O–H groups in total. The smallest absolute Gasteiger partial charge is 0.274 e. The summed E-state index contributed by atoms with van der Waals surface area (Å²) in [4.78, 5) is 26.8. The quantitative estimate of drug-likeness (QED) is 0.908. The number of amides is 2. The highest BCUT2D eigenvalue weighted by Gasteiger charge is 2.26. The molecule has 122 valence electrons. The van der Waals surface area contributed by atoms with E-state index in [1.165, 1.54) is 6.42 Å². The fourth-order valence-corrected chi connectivity index (χ4v) is 2.92. The minimum Gasteiger partial charge on any atom is -0.337 e. The molecule has 2 amide bonds. The zero-order valence-electron chi connectivity index (χ0n) is 13.8. The summed E-state index contributed by atoms with van der Waals surface area (Å²) < 4.78 is 1.56. The van der Waals surface area contributed by atoms with Crippen LogP contribution in [0.25, 0.3) is 0 Å². The van der Waals surface area contributed by atoms with Crippen molar-refractivity contribution in [2.45, 2.75) is 46.0 Å². The molecule has 2 heterocycles. The molecule has 1 saturated heterocycles. The largest absolute Gasteiger partial charge is 0.337 e. The summed E-state index contributed by atoms with van der Waals surface area (Å²) in [5, 5.41) is 7.03. The van der Waals surface area contributed by atoms with Crippen molar-refractivity contribution < 1.29 is 9.59 Å². The fraction of sp³-hybridized carbons (Fsp3) is 0.688. The number of piperidine rings is 1. The Labute approximate surface area is 131 Å². The normalized spacial score (nSPS) is 15.2. The van der Waals surface area contributed by atoms with Gasteiger partial charge >= 0.3 is 0 Å². The minimum atomic E-state index is -0.0421. The lowest BCUT2D eigenvalue weighted by molar-refractivity contribution is -0.120. The summed E-state index contributed by atoms with van der Waals surface area (Å²) in [5.41, 5.74) is 0.996. The third kappa shape index (κ3) is 3.48. The molecule has 0 aliphatic carbocycles. The van der Waals surface area contributed by atoms with Gasteiger partial charge in [0.05, 0.1) is 11.9 Å². The predicted octanol–water partition coefficient (Wildman–Crippen LogP) is 2.42. The number of aromatic nitrogens is 2. The topological polar surface area (TPSA) is 67.2 Å². The molecule has 6 heteroatoms. The molecule has 1 aliphatic rings. The van der Waals surface area contributed by atoms with Crippen LogP contribution >= 0.6 is 0 Å². The first-order valence-electron chi connectivity index (χ1n) is 8.20. The van der Waals surface area contributed by atoms with E-state index in [9.17, 15) is 9.59 Å². The molecule has 1 aromatic heterocycles. The Kier molecular flexibility index (Phi) is 5.57. The van der Waals surface area contributed by atoms with E-state index in [1.807, 2.05) is 18.7 Å². The lowest BCUT2D eigenvalue weighted by Crippen LogP contribution is -2.37. The summed E-state index contributed by atoms with van der Waals surface area (Å²) in [6.07, 6.45) is 6.40. The fourth-order valence-electron chi connectivity index (χ4n) is 2.92. The van der Waals surface area contributed by atoms with Gasteiger partial charge in [-0.2, -0.15) is 5.10 Å². The predicted molar refractivity (Wildman–Crippen MR) is 85.7 cm³/mol. The Morgan fingerprint density at radius 3 is 2.45 bits per heavy atom. The van der Waals surface area contributed by atoms with E-state index in [4.69, 9.17) is 0 Å². The molecule has 0 spiro atoms. The number of aryl methyl sites for hydroxylation is 1. The first kappa shape index (κ1) is 16.5. The number of hydrogen-bond donors (Lipinski definition) is 1. The van der Waals surface area contributed by atoms with Crippen molar-refractivity contribution in [2.24, 2.45) is 13.0 Å². The molecule has 2 rings (SSSR count). The zero-order chi connectivity index (χ0) is 16.1. The summed E-state index contributed by atoms with van der Waals surface area (Å²) in [5.74, 6) is -0.108. The van der Waals surface area contributed by atoms with Crippen LogP contribution < -0.4 is 5.32 Å². The molecule has 6 nitrogen and oxygen atoms in total. The Morgan fingerprint density at radius 2 is 1.86 bits per heavy atom. The Balaban J connectivity index is 2.16. The number of carbonyl (C=O) groups excluding carboxylic acids is 2. The molecule has 1 fully saturated rings. The van der Waals surface area contributed by atoms with Gasteiger partial charge < -0.3 is 10.2 Å². The van der Waals surface area contributed by atoms with E-state index in [0.717, 1.165) is 38.8 Å². The third-order valence-electron chi connectivity index (χ3n) is 4.40. The summed E-state index contributed by atoms with van der Waals surface area (Å²) in [6.45, 7) is 5.56. The Morgan fingerprint density at radius 1 is 1.23 bits per heavy atom. The van der Waals surface area contributed by atoms with Crippen LogP contribution in [0.15, 0.2) is 6.20 Å². The van der Waals surface area contributed by atoms with Crippen LogP contribution in [0.1, 0.15) is 56.4 Å². The number of nitrogens with one attached hydrogen (secondary N) is 1. The minimum absolute atomic E-state index is 0.0295. The summed E-state index contributed by atoms with van der Waals surface area (Å²) >= 11 is 0. The van der Waals surface area contributed by atoms with Gasteiger partial charge in [0.15, 0.2) is 0 Å². The van der Waals surface area contributed by atoms with Crippen molar-refractivity contribution in [1.29, 1.82) is 0 Å². The highest BCUT2D eigenvalue weighted by Crippen LogP contribution is 2.21. The molecule has 0 aromatic carbocycles. The van der Waals surface area contributed by atoms with Crippen LogP contribution in [0.5, 0.6) is 0 Å². The lowest BCUT2D eigenvalue weighted by atomic mass is 10.0. The summed E-state index contributed by atoms with van der Waals surface area (Å²) in [6, 6.07) is 0. The molecular formula is C16H26N4O2. The van der Waals surface area contributed by atoms with Gasteiger partial charge in [0.1, 0.15) is 5.69 Å². The van der Waals surface area contributed by atoms with Gasteiger partial charge in [0.25, 0.3) is 5.91 Å². The molecule has 1 aromatic rings. The summed E-state index contributed by atoms with van der Waals surface area (Å²) in [7, 11) is 1.74. The zero-order valence-corrected chi connectivity index (χ0v) is 13.8. The lowest BCUT2D eigenvalue weighted by Gasteiger charge is -2.27. The number of rotatable bonds is 5. The van der Waals surface area contributed by atoms with E-state index < -0.39 is 0 Å². The van der Waals surface area contributed by atoms with Gasteiger partial charge in [0.2, 0.25) is 5.91 Å². The van der Waals surface area contributed by atoms with Crippen molar-refractivity contribution in [3.05, 3.63) is 11.9 Å². The van der Waals surface area contributed by atoms with Crippen LogP contribution in [0.2, 0.25) is 0 Å².